The third-order valence-corrected chi connectivity index (χ3v) is 2.84. The van der Waals surface area contributed by atoms with Gasteiger partial charge in [0.2, 0.25) is 0 Å². The van der Waals surface area contributed by atoms with E-state index in [1.807, 2.05) is 0 Å². The third-order valence-electron chi connectivity index (χ3n) is 1.42. The fourth-order valence-corrected chi connectivity index (χ4v) is 1.89. The lowest BCUT2D eigenvalue weighted by atomic mass is 10.2. The molecule has 0 spiro atoms. The molecule has 0 N–H and O–H groups in total. The van der Waals surface area contributed by atoms with Crippen LogP contribution in [0.2, 0.25) is 0 Å². The van der Waals surface area contributed by atoms with Crippen LogP contribution in [0.5, 0.6) is 5.75 Å². The zero-order valence-corrected chi connectivity index (χ0v) is 10.9. The largest absolute Gasteiger partial charge is 0.573 e. The van der Waals surface area contributed by atoms with E-state index in [4.69, 9.17) is 0 Å². The summed E-state index contributed by atoms with van der Waals surface area (Å²) in [6, 6.07) is 0. The van der Waals surface area contributed by atoms with Gasteiger partial charge in [0.15, 0.2) is 5.75 Å². The van der Waals surface area contributed by atoms with Crippen molar-refractivity contribution in [3.05, 3.63) is 19.9 Å². The van der Waals surface area contributed by atoms with Gasteiger partial charge in [0.05, 0.1) is 5.56 Å². The van der Waals surface area contributed by atoms with E-state index < -0.39 is 28.7 Å². The maximum Gasteiger partial charge on any atom is 0.573 e. The second-order valence-corrected chi connectivity index (χ2v) is 4.40. The van der Waals surface area contributed by atoms with Crippen molar-refractivity contribution in [1.29, 1.82) is 0 Å². The average molecular weight is 418 g/mol. The second kappa shape index (κ2) is 4.98. The van der Waals surface area contributed by atoms with Crippen LogP contribution in [0.4, 0.5) is 22.0 Å². The molecule has 0 amide bonds. The minimum Gasteiger partial charge on any atom is -0.402 e. The van der Waals surface area contributed by atoms with Crippen molar-refractivity contribution in [2.75, 3.05) is 0 Å². The highest BCUT2D eigenvalue weighted by Crippen LogP contribution is 2.39. The van der Waals surface area contributed by atoms with Crippen LogP contribution in [-0.2, 0) is 0 Å². The summed E-state index contributed by atoms with van der Waals surface area (Å²) in [5.41, 5.74) is -0.834. The molecule has 0 aromatic carbocycles. The van der Waals surface area contributed by atoms with Crippen molar-refractivity contribution in [2.45, 2.75) is 12.8 Å². The van der Waals surface area contributed by atoms with E-state index in [0.717, 1.165) is 6.20 Å². The lowest BCUT2D eigenvalue weighted by Crippen LogP contribution is -2.19. The topological polar surface area (TPSA) is 22.1 Å². The second-order valence-electron chi connectivity index (χ2n) is 2.49. The summed E-state index contributed by atoms with van der Waals surface area (Å²) in [7, 11) is 0. The number of pyridine rings is 1. The maximum absolute atomic E-state index is 12.5. The van der Waals surface area contributed by atoms with Crippen LogP contribution in [0.3, 0.4) is 0 Å². The molecule has 1 aromatic heterocycles. The summed E-state index contributed by atoms with van der Waals surface area (Å²) in [6.07, 6.45) is -7.10. The summed E-state index contributed by atoms with van der Waals surface area (Å²) in [4.78, 5) is 3.46. The Morgan fingerprint density at radius 1 is 1.38 bits per heavy atom. The minimum atomic E-state index is -5.04. The molecule has 90 valence electrons. The molecule has 0 fully saturated rings. The predicted molar refractivity (Wildman–Crippen MR) is 56.3 cm³/mol. The molecule has 1 aromatic rings. The number of nitrogens with zero attached hydrogens (tertiary/aromatic N) is 1. The van der Waals surface area contributed by atoms with Gasteiger partial charge in [-0.1, -0.05) is 0 Å². The maximum atomic E-state index is 12.5. The summed E-state index contributed by atoms with van der Waals surface area (Å²) >= 11 is 4.09. The molecular formula is C7H2BrF5INO. The molecule has 0 saturated heterocycles. The lowest BCUT2D eigenvalue weighted by Gasteiger charge is -2.14. The number of hydrogen-bond acceptors (Lipinski definition) is 2. The minimum absolute atomic E-state index is 0.102. The Kier molecular flexibility index (Phi) is 4.32. The molecule has 0 aliphatic heterocycles. The number of alkyl halides is 5. The highest BCUT2D eigenvalue weighted by Gasteiger charge is 2.35. The smallest absolute Gasteiger partial charge is 0.402 e. The molecule has 0 bridgehead atoms. The molecular weight excluding hydrogens is 416 g/mol. The summed E-state index contributed by atoms with van der Waals surface area (Å²) in [5.74, 6) is -1.01. The van der Waals surface area contributed by atoms with Crippen LogP contribution >= 0.6 is 38.5 Å². The van der Waals surface area contributed by atoms with E-state index >= 15 is 0 Å². The van der Waals surface area contributed by atoms with Gasteiger partial charge in [-0.25, -0.2) is 13.8 Å². The Balaban J connectivity index is 3.29. The molecule has 0 unspecified atom stereocenters. The van der Waals surface area contributed by atoms with Gasteiger partial charge in [-0.05, 0) is 38.5 Å². The fraction of sp³-hybridized carbons (Fsp3) is 0.286. The number of hydrogen-bond donors (Lipinski definition) is 0. The highest BCUT2D eigenvalue weighted by molar-refractivity contribution is 14.1. The molecule has 0 radical (unpaired) electrons. The molecule has 2 nitrogen and oxygen atoms in total. The number of rotatable bonds is 2. The Morgan fingerprint density at radius 2 is 1.94 bits per heavy atom. The molecule has 9 heteroatoms. The molecule has 0 aliphatic rings. The Hall–Kier alpha value is -0.190. The lowest BCUT2D eigenvalue weighted by molar-refractivity contribution is -0.275. The monoisotopic (exact) mass is 417 g/mol. The van der Waals surface area contributed by atoms with Gasteiger partial charge in [0, 0.05) is 9.77 Å². The number of halogens is 7. The Morgan fingerprint density at radius 3 is 2.38 bits per heavy atom. The van der Waals surface area contributed by atoms with Gasteiger partial charge in [0.1, 0.15) is 4.60 Å². The van der Waals surface area contributed by atoms with Crippen molar-refractivity contribution < 1.29 is 26.7 Å². The first-order chi connectivity index (χ1) is 7.22. The highest BCUT2D eigenvalue weighted by atomic mass is 127. The first-order valence-corrected chi connectivity index (χ1v) is 5.47. The molecule has 1 heterocycles. The molecule has 16 heavy (non-hydrogen) atoms. The van der Waals surface area contributed by atoms with E-state index in [9.17, 15) is 22.0 Å². The average Bonchev–Trinajstić information content (AvgIpc) is 2.08. The summed E-state index contributed by atoms with van der Waals surface area (Å²) in [5, 5.41) is 0. The van der Waals surface area contributed by atoms with E-state index in [1.54, 1.807) is 0 Å². The van der Waals surface area contributed by atoms with Gasteiger partial charge < -0.3 is 4.74 Å². The number of ether oxygens (including phenoxy) is 1. The Labute approximate surface area is 108 Å². The molecule has 0 atom stereocenters. The van der Waals surface area contributed by atoms with Crippen LogP contribution in [0.1, 0.15) is 12.0 Å². The SMILES string of the molecule is FC(F)c1c(I)cnc(Br)c1OC(F)(F)F. The van der Waals surface area contributed by atoms with Gasteiger partial charge in [-0.15, -0.1) is 13.2 Å². The van der Waals surface area contributed by atoms with E-state index in [0.29, 0.717) is 0 Å². The van der Waals surface area contributed by atoms with Crippen LogP contribution in [0.15, 0.2) is 10.8 Å². The summed E-state index contributed by atoms with van der Waals surface area (Å²) in [6.45, 7) is 0. The standard InChI is InChI=1S/C7H2BrF5INO/c8-5-4(16-7(11,12)13)3(6(9)10)2(14)1-15-5/h1,6H. The van der Waals surface area contributed by atoms with Gasteiger partial charge in [0.25, 0.3) is 6.43 Å². The molecule has 0 aliphatic carbocycles. The molecule has 0 saturated carbocycles. The van der Waals surface area contributed by atoms with Gasteiger partial charge in [-0.3, -0.25) is 0 Å². The first-order valence-electron chi connectivity index (χ1n) is 3.60. The predicted octanol–water partition coefficient (Wildman–Crippen LogP) is 4.28. The zero-order valence-electron chi connectivity index (χ0n) is 7.16. The number of aromatic nitrogens is 1. The summed E-state index contributed by atoms with van der Waals surface area (Å²) < 4.78 is 64.0. The molecule has 1 rings (SSSR count). The van der Waals surface area contributed by atoms with Gasteiger partial charge >= 0.3 is 6.36 Å². The quantitative estimate of drug-likeness (QED) is 0.407. The zero-order chi connectivity index (χ0) is 12.5. The fourth-order valence-electron chi connectivity index (χ4n) is 0.877. The van der Waals surface area contributed by atoms with Crippen molar-refractivity contribution in [2.24, 2.45) is 0 Å². The van der Waals surface area contributed by atoms with E-state index in [2.05, 4.69) is 25.7 Å². The van der Waals surface area contributed by atoms with Crippen molar-refractivity contribution in [3.63, 3.8) is 0 Å². The van der Waals surface area contributed by atoms with Crippen LogP contribution < -0.4 is 4.74 Å². The van der Waals surface area contributed by atoms with Crippen molar-refractivity contribution in [3.8, 4) is 5.75 Å². The van der Waals surface area contributed by atoms with Crippen LogP contribution in [0, 0.1) is 3.57 Å². The van der Waals surface area contributed by atoms with E-state index in [-0.39, 0.29) is 3.57 Å². The normalized spacial score (nSPS) is 12.0. The third kappa shape index (κ3) is 3.40. The Bertz CT molecular complexity index is 397. The van der Waals surface area contributed by atoms with E-state index in [1.165, 1.54) is 22.6 Å². The van der Waals surface area contributed by atoms with Crippen molar-refractivity contribution >= 4 is 38.5 Å². The van der Waals surface area contributed by atoms with Crippen LogP contribution in [-0.4, -0.2) is 11.3 Å². The van der Waals surface area contributed by atoms with Crippen LogP contribution in [0.25, 0.3) is 0 Å². The first kappa shape index (κ1) is 13.9. The van der Waals surface area contributed by atoms with Crippen molar-refractivity contribution in [1.82, 2.24) is 4.98 Å². The van der Waals surface area contributed by atoms with Gasteiger partial charge in [-0.2, -0.15) is 0 Å².